The van der Waals surface area contributed by atoms with Gasteiger partial charge in [0.05, 0.1) is 10.7 Å². The van der Waals surface area contributed by atoms with Gasteiger partial charge in [-0.3, -0.25) is 4.79 Å². The van der Waals surface area contributed by atoms with Crippen molar-refractivity contribution in [3.63, 3.8) is 0 Å². The Hall–Kier alpha value is -3.61. The van der Waals surface area contributed by atoms with Crippen molar-refractivity contribution in [2.45, 2.75) is 26.2 Å². The van der Waals surface area contributed by atoms with E-state index in [1.165, 1.54) is 0 Å². The lowest BCUT2D eigenvalue weighted by molar-refractivity contribution is -0.441. The summed E-state index contributed by atoms with van der Waals surface area (Å²) in [5.41, 5.74) is 5.21. The number of hydrogen-bond donors (Lipinski definition) is 2. The van der Waals surface area contributed by atoms with Gasteiger partial charge in [-0.25, -0.2) is 4.79 Å². The molecule has 2 aliphatic rings. The lowest BCUT2D eigenvalue weighted by Gasteiger charge is -2.07. The van der Waals surface area contributed by atoms with E-state index in [9.17, 15) is 9.59 Å². The maximum atomic E-state index is 12.1. The van der Waals surface area contributed by atoms with E-state index in [0.717, 1.165) is 40.9 Å². The van der Waals surface area contributed by atoms with E-state index in [-0.39, 0.29) is 17.4 Å². The molecule has 30 heavy (non-hydrogen) atoms. The highest BCUT2D eigenvalue weighted by molar-refractivity contribution is 5.92. The molecule has 1 aliphatic carbocycles. The van der Waals surface area contributed by atoms with Gasteiger partial charge in [0.15, 0.2) is 0 Å². The molecule has 0 saturated heterocycles. The maximum absolute atomic E-state index is 12.1. The van der Waals surface area contributed by atoms with Gasteiger partial charge >= 0.3 is 5.97 Å². The summed E-state index contributed by atoms with van der Waals surface area (Å²) in [6.45, 7) is 2.57. The number of carbonyl (C=O) groups is 2. The first-order valence-corrected chi connectivity index (χ1v) is 10.0. The van der Waals surface area contributed by atoms with Crippen molar-refractivity contribution in [2.24, 2.45) is 16.3 Å². The summed E-state index contributed by atoms with van der Waals surface area (Å²) in [6, 6.07) is 14.8. The van der Waals surface area contributed by atoms with Crippen LogP contribution in [0, 0.1) is 5.92 Å². The van der Waals surface area contributed by atoms with Crippen molar-refractivity contribution in [1.29, 1.82) is 0 Å². The molecule has 1 amide bonds. The van der Waals surface area contributed by atoms with Gasteiger partial charge in [-0.2, -0.15) is 0 Å². The van der Waals surface area contributed by atoms with Gasteiger partial charge in [-0.1, -0.05) is 28.9 Å². The lowest BCUT2D eigenvalue weighted by Crippen LogP contribution is -2.29. The Morgan fingerprint density at radius 1 is 1.07 bits per heavy atom. The van der Waals surface area contributed by atoms with E-state index >= 15 is 0 Å². The Bertz CT molecular complexity index is 1070. The normalized spacial score (nSPS) is 20.3. The molecule has 4 rings (SSSR count). The predicted molar refractivity (Wildman–Crippen MR) is 113 cm³/mol. The summed E-state index contributed by atoms with van der Waals surface area (Å²) in [7, 11) is 0. The summed E-state index contributed by atoms with van der Waals surface area (Å²) >= 11 is 0. The van der Waals surface area contributed by atoms with Crippen LogP contribution in [0.2, 0.25) is 0 Å². The topological polar surface area (TPSA) is 94.1 Å². The van der Waals surface area contributed by atoms with Crippen LogP contribution in [-0.4, -0.2) is 33.9 Å². The largest absolute Gasteiger partial charge is 0.478 e. The second-order valence-corrected chi connectivity index (χ2v) is 7.39. The number of nitrogens with zero attached hydrogens (tertiary/aromatic N) is 3. The molecule has 2 N–H and O–H groups in total. The van der Waals surface area contributed by atoms with Gasteiger partial charge in [0.1, 0.15) is 10.9 Å². The van der Waals surface area contributed by atoms with Crippen molar-refractivity contribution in [3.05, 3.63) is 65.9 Å². The number of carboxylic acid groups (broad SMARTS) is 1. The SMILES string of the molecule is CCNC(=O)[C@H]1CC/C(=[N+]2/N=NC=C2c2ccc(-c3ccc(C(=O)O)cc3)cc2)C1. The standard InChI is InChI=1S/C23H22N4O3/c1-2-24-22(28)19-11-12-20(13-19)27-21(14-25-26-27)17-7-3-15(4-8-17)16-5-9-18(10-6-16)23(29)30/h3-10,14,19H,2,11-13H2,1H3,(H-,24,28,29,30)/p+1/b27-20-/t19-/m0/s1. The Morgan fingerprint density at radius 2 is 1.70 bits per heavy atom. The average molecular weight is 403 g/mol. The molecule has 1 atom stereocenters. The fraction of sp³-hybridized carbons (Fsp3) is 0.261. The molecule has 1 aliphatic heterocycles. The third-order valence-electron chi connectivity index (χ3n) is 5.48. The number of aromatic carboxylic acids is 1. The predicted octanol–water partition coefficient (Wildman–Crippen LogP) is 4.12. The Labute approximate surface area is 174 Å². The van der Waals surface area contributed by atoms with Crippen molar-refractivity contribution >= 4 is 23.3 Å². The molecule has 1 heterocycles. The van der Waals surface area contributed by atoms with E-state index in [4.69, 9.17) is 5.11 Å². The highest BCUT2D eigenvalue weighted by Gasteiger charge is 2.33. The maximum Gasteiger partial charge on any atom is 0.335 e. The van der Waals surface area contributed by atoms with Crippen LogP contribution in [0.25, 0.3) is 16.8 Å². The number of rotatable bonds is 5. The number of nitrogens with one attached hydrogen (secondary N) is 1. The fourth-order valence-electron chi connectivity index (χ4n) is 3.87. The highest BCUT2D eigenvalue weighted by Crippen LogP contribution is 2.30. The molecule has 2 aromatic rings. The minimum Gasteiger partial charge on any atom is -0.478 e. The van der Waals surface area contributed by atoms with E-state index in [1.807, 2.05) is 35.9 Å². The van der Waals surface area contributed by atoms with Crippen LogP contribution in [0.4, 0.5) is 0 Å². The summed E-state index contributed by atoms with van der Waals surface area (Å²) in [4.78, 5) is 23.2. The Balaban J connectivity index is 1.53. The first-order chi connectivity index (χ1) is 14.6. The van der Waals surface area contributed by atoms with Gasteiger partial charge in [0.2, 0.25) is 17.8 Å². The van der Waals surface area contributed by atoms with Crippen LogP contribution in [0.1, 0.15) is 42.1 Å². The molecule has 7 heteroatoms. The number of hydrogen-bond acceptors (Lipinski definition) is 4. The number of carboxylic acids is 1. The molecule has 0 aromatic heterocycles. The second kappa shape index (κ2) is 8.41. The summed E-state index contributed by atoms with van der Waals surface area (Å²) in [6.07, 6.45) is 4.08. The molecular weight excluding hydrogens is 380 g/mol. The molecule has 0 radical (unpaired) electrons. The first-order valence-electron chi connectivity index (χ1n) is 10.0. The molecule has 0 spiro atoms. The average Bonchev–Trinajstić information content (AvgIpc) is 3.44. The minimum atomic E-state index is -0.934. The number of benzene rings is 2. The molecule has 1 fully saturated rings. The van der Waals surface area contributed by atoms with E-state index < -0.39 is 5.97 Å². The van der Waals surface area contributed by atoms with Crippen molar-refractivity contribution in [2.75, 3.05) is 6.54 Å². The number of carbonyl (C=O) groups excluding carboxylic acids is 1. The molecule has 7 nitrogen and oxygen atoms in total. The van der Waals surface area contributed by atoms with Gasteiger partial charge in [0, 0.05) is 30.9 Å². The quantitative estimate of drug-likeness (QED) is 0.735. The molecule has 0 bridgehead atoms. The van der Waals surface area contributed by atoms with Crippen LogP contribution >= 0.6 is 0 Å². The van der Waals surface area contributed by atoms with E-state index in [2.05, 4.69) is 15.7 Å². The monoisotopic (exact) mass is 403 g/mol. The second-order valence-electron chi connectivity index (χ2n) is 7.39. The molecule has 152 valence electrons. The van der Waals surface area contributed by atoms with E-state index in [0.29, 0.717) is 13.0 Å². The van der Waals surface area contributed by atoms with E-state index in [1.54, 1.807) is 30.5 Å². The molecule has 1 saturated carbocycles. The molecule has 2 aromatic carbocycles. The van der Waals surface area contributed by atoms with Crippen LogP contribution in [0.5, 0.6) is 0 Å². The van der Waals surface area contributed by atoms with Gasteiger partial charge in [-0.05, 0) is 48.7 Å². The van der Waals surface area contributed by atoms with Crippen LogP contribution in [-0.2, 0) is 4.79 Å². The third-order valence-corrected chi connectivity index (χ3v) is 5.48. The van der Waals surface area contributed by atoms with Crippen LogP contribution in [0.15, 0.2) is 65.1 Å². The molecular formula is C23H23N4O3+. The van der Waals surface area contributed by atoms with Gasteiger partial charge in [0.25, 0.3) is 0 Å². The lowest BCUT2D eigenvalue weighted by atomic mass is 10.0. The van der Waals surface area contributed by atoms with Crippen molar-refractivity contribution in [3.8, 4) is 11.1 Å². The van der Waals surface area contributed by atoms with Crippen LogP contribution in [0.3, 0.4) is 0 Å². The Morgan fingerprint density at radius 3 is 2.33 bits per heavy atom. The minimum absolute atomic E-state index is 0.00634. The zero-order chi connectivity index (χ0) is 21.1. The zero-order valence-electron chi connectivity index (χ0n) is 16.7. The third kappa shape index (κ3) is 3.91. The van der Waals surface area contributed by atoms with Crippen molar-refractivity contribution < 1.29 is 19.4 Å². The molecule has 0 unspecified atom stereocenters. The highest BCUT2D eigenvalue weighted by atomic mass is 16.4. The summed E-state index contributed by atoms with van der Waals surface area (Å²) < 4.78 is 1.86. The van der Waals surface area contributed by atoms with Crippen molar-refractivity contribution in [1.82, 2.24) is 5.32 Å². The summed E-state index contributed by atoms with van der Waals surface area (Å²) in [5.74, 6) is -0.836. The Kier molecular flexibility index (Phi) is 5.52. The van der Waals surface area contributed by atoms with Crippen LogP contribution < -0.4 is 5.32 Å². The number of amides is 1. The fourth-order valence-corrected chi connectivity index (χ4v) is 3.87. The summed E-state index contributed by atoms with van der Waals surface area (Å²) in [5, 5.41) is 20.3. The van der Waals surface area contributed by atoms with Gasteiger partial charge in [-0.15, -0.1) is 0 Å². The first kappa shape index (κ1) is 19.7. The zero-order valence-corrected chi connectivity index (χ0v) is 16.7. The smallest absolute Gasteiger partial charge is 0.335 e. The van der Waals surface area contributed by atoms with Gasteiger partial charge < -0.3 is 10.4 Å².